The van der Waals surface area contributed by atoms with E-state index in [-0.39, 0.29) is 6.04 Å². The lowest BCUT2D eigenvalue weighted by atomic mass is 9.89. The molecule has 1 aliphatic heterocycles. The van der Waals surface area contributed by atoms with E-state index in [1.165, 1.54) is 43.2 Å². The lowest BCUT2D eigenvalue weighted by molar-refractivity contribution is 0.147. The summed E-state index contributed by atoms with van der Waals surface area (Å²) in [6.07, 6.45) is 6.83. The second kappa shape index (κ2) is 11.6. The van der Waals surface area contributed by atoms with Gasteiger partial charge in [0.2, 0.25) is 0 Å². The highest BCUT2D eigenvalue weighted by Gasteiger charge is 2.29. The summed E-state index contributed by atoms with van der Waals surface area (Å²) >= 11 is 12.9. The molecule has 2 aliphatic rings. The van der Waals surface area contributed by atoms with E-state index in [9.17, 15) is 0 Å². The molecule has 2 aromatic rings. The summed E-state index contributed by atoms with van der Waals surface area (Å²) in [5, 5.41) is 5.05. The topological polar surface area (TPSA) is 30.9 Å². The number of halogens is 2. The summed E-state index contributed by atoms with van der Waals surface area (Å²) in [6, 6.07) is 14.8. The predicted molar refractivity (Wildman–Crippen MR) is 141 cm³/mol. The van der Waals surface area contributed by atoms with Gasteiger partial charge in [-0.3, -0.25) is 9.89 Å². The van der Waals surface area contributed by atoms with Crippen molar-refractivity contribution in [1.29, 1.82) is 0 Å². The van der Waals surface area contributed by atoms with Gasteiger partial charge in [-0.25, -0.2) is 0 Å². The monoisotopic (exact) mass is 486 g/mol. The number of aliphatic imine (C=N–C) groups is 1. The van der Waals surface area contributed by atoms with E-state index >= 15 is 0 Å². The molecule has 0 amide bonds. The van der Waals surface area contributed by atoms with Gasteiger partial charge in [0.1, 0.15) is 0 Å². The van der Waals surface area contributed by atoms with Gasteiger partial charge in [0.15, 0.2) is 5.96 Å². The van der Waals surface area contributed by atoms with Crippen LogP contribution < -0.4 is 5.32 Å². The van der Waals surface area contributed by atoms with Crippen molar-refractivity contribution in [3.8, 4) is 0 Å². The van der Waals surface area contributed by atoms with Crippen LogP contribution >= 0.6 is 23.2 Å². The molecule has 1 saturated carbocycles. The zero-order valence-corrected chi connectivity index (χ0v) is 21.4. The van der Waals surface area contributed by atoms with Crippen molar-refractivity contribution < 1.29 is 0 Å². The van der Waals surface area contributed by atoms with Crippen LogP contribution in [0.1, 0.15) is 54.8 Å². The Labute approximate surface area is 209 Å². The second-order valence-electron chi connectivity index (χ2n) is 9.43. The van der Waals surface area contributed by atoms with E-state index in [2.05, 4.69) is 57.4 Å². The van der Waals surface area contributed by atoms with Gasteiger partial charge < -0.3 is 10.2 Å². The van der Waals surface area contributed by atoms with E-state index in [1.807, 2.05) is 19.2 Å². The molecule has 1 aliphatic carbocycles. The molecule has 1 N–H and O–H groups in total. The standard InChI is InChI=1S/C27H36Cl2N4/c1-20-8-10-22(11-9-20)26(24-13-12-23(28)18-25(24)29)32-14-16-33(17-15-32)27(30-2)31-19-21-6-4-3-5-7-21/h8-13,18,21,26H,3-7,14-17,19H2,1-2H3,(H,30,31). The lowest BCUT2D eigenvalue weighted by Crippen LogP contribution is -2.53. The maximum absolute atomic E-state index is 6.69. The highest BCUT2D eigenvalue weighted by atomic mass is 35.5. The van der Waals surface area contributed by atoms with Gasteiger partial charge in [-0.15, -0.1) is 0 Å². The van der Waals surface area contributed by atoms with E-state index in [4.69, 9.17) is 23.2 Å². The molecular formula is C27H36Cl2N4. The van der Waals surface area contributed by atoms with Gasteiger partial charge in [0.25, 0.3) is 0 Å². The molecule has 2 aromatic carbocycles. The third-order valence-electron chi connectivity index (χ3n) is 7.11. The number of nitrogens with one attached hydrogen (secondary N) is 1. The Morgan fingerprint density at radius 3 is 2.33 bits per heavy atom. The molecule has 2 fully saturated rings. The maximum Gasteiger partial charge on any atom is 0.193 e. The number of rotatable bonds is 5. The van der Waals surface area contributed by atoms with Crippen molar-refractivity contribution >= 4 is 29.2 Å². The van der Waals surface area contributed by atoms with Gasteiger partial charge in [-0.2, -0.15) is 0 Å². The van der Waals surface area contributed by atoms with Gasteiger partial charge >= 0.3 is 0 Å². The largest absolute Gasteiger partial charge is 0.356 e. The van der Waals surface area contributed by atoms with E-state index in [0.29, 0.717) is 5.02 Å². The molecule has 1 saturated heterocycles. The van der Waals surface area contributed by atoms with Crippen molar-refractivity contribution in [2.24, 2.45) is 10.9 Å². The summed E-state index contributed by atoms with van der Waals surface area (Å²) in [7, 11) is 1.90. The zero-order valence-electron chi connectivity index (χ0n) is 19.9. The van der Waals surface area contributed by atoms with Crippen LogP contribution in [0, 0.1) is 12.8 Å². The maximum atomic E-state index is 6.69. The first-order chi connectivity index (χ1) is 16.0. The van der Waals surface area contributed by atoms with Crippen LogP contribution in [0.25, 0.3) is 0 Å². The number of aryl methyl sites for hydroxylation is 1. The molecular weight excluding hydrogens is 451 g/mol. The van der Waals surface area contributed by atoms with Crippen molar-refractivity contribution in [1.82, 2.24) is 15.1 Å². The van der Waals surface area contributed by atoms with Crippen LogP contribution in [0.2, 0.25) is 10.0 Å². The highest BCUT2D eigenvalue weighted by Crippen LogP contribution is 2.35. The summed E-state index contributed by atoms with van der Waals surface area (Å²) in [5.41, 5.74) is 3.63. The molecule has 0 aromatic heterocycles. The quantitative estimate of drug-likeness (QED) is 0.405. The van der Waals surface area contributed by atoms with Crippen LogP contribution in [0.4, 0.5) is 0 Å². The van der Waals surface area contributed by atoms with Crippen molar-refractivity contribution in [2.45, 2.75) is 45.1 Å². The minimum absolute atomic E-state index is 0.106. The molecule has 1 heterocycles. The van der Waals surface area contributed by atoms with Crippen LogP contribution in [0.5, 0.6) is 0 Å². The fraction of sp³-hybridized carbons (Fsp3) is 0.519. The Balaban J connectivity index is 1.45. The van der Waals surface area contributed by atoms with Gasteiger partial charge in [0, 0.05) is 49.8 Å². The first-order valence-electron chi connectivity index (χ1n) is 12.3. The Bertz CT molecular complexity index is 930. The fourth-order valence-corrected chi connectivity index (χ4v) is 5.72. The summed E-state index contributed by atoms with van der Waals surface area (Å²) in [4.78, 5) is 9.52. The lowest BCUT2D eigenvalue weighted by Gasteiger charge is -2.41. The Morgan fingerprint density at radius 1 is 1.00 bits per heavy atom. The Hall–Kier alpha value is -1.75. The number of guanidine groups is 1. The Morgan fingerprint density at radius 2 is 1.70 bits per heavy atom. The number of hydrogen-bond donors (Lipinski definition) is 1. The summed E-state index contributed by atoms with van der Waals surface area (Å²) in [5.74, 6) is 1.83. The summed E-state index contributed by atoms with van der Waals surface area (Å²) < 4.78 is 0. The number of hydrogen-bond acceptors (Lipinski definition) is 2. The minimum atomic E-state index is 0.106. The SMILES string of the molecule is CN=C(NCC1CCCCC1)N1CCN(C(c2ccc(C)cc2)c2ccc(Cl)cc2Cl)CC1. The normalized spacial score (nSPS) is 19.5. The minimum Gasteiger partial charge on any atom is -0.356 e. The average Bonchev–Trinajstić information content (AvgIpc) is 2.83. The molecule has 178 valence electrons. The van der Waals surface area contributed by atoms with Crippen LogP contribution in [0.3, 0.4) is 0 Å². The van der Waals surface area contributed by atoms with Gasteiger partial charge in [0.05, 0.1) is 6.04 Å². The molecule has 0 spiro atoms. The molecule has 4 rings (SSSR count). The van der Waals surface area contributed by atoms with Gasteiger partial charge in [-0.1, -0.05) is 78.4 Å². The van der Waals surface area contributed by atoms with E-state index in [1.54, 1.807) is 0 Å². The second-order valence-corrected chi connectivity index (χ2v) is 10.3. The highest BCUT2D eigenvalue weighted by molar-refractivity contribution is 6.35. The average molecular weight is 488 g/mol. The third kappa shape index (κ3) is 6.23. The predicted octanol–water partition coefficient (Wildman–Crippen LogP) is 6.16. The molecule has 33 heavy (non-hydrogen) atoms. The van der Waals surface area contributed by atoms with Crippen LogP contribution in [-0.4, -0.2) is 55.5 Å². The summed E-state index contributed by atoms with van der Waals surface area (Å²) in [6.45, 7) is 6.94. The van der Waals surface area contributed by atoms with Crippen molar-refractivity contribution in [3.63, 3.8) is 0 Å². The van der Waals surface area contributed by atoms with E-state index < -0.39 is 0 Å². The molecule has 0 bridgehead atoms. The van der Waals surface area contributed by atoms with Crippen molar-refractivity contribution in [2.75, 3.05) is 39.8 Å². The molecule has 4 nitrogen and oxygen atoms in total. The number of benzene rings is 2. The molecule has 1 unspecified atom stereocenters. The number of piperazine rings is 1. The van der Waals surface area contributed by atoms with E-state index in [0.717, 1.165) is 55.2 Å². The zero-order chi connectivity index (χ0) is 23.2. The van der Waals surface area contributed by atoms with Crippen LogP contribution in [-0.2, 0) is 0 Å². The first kappa shape index (κ1) is 24.4. The molecule has 6 heteroatoms. The van der Waals surface area contributed by atoms with Gasteiger partial charge in [-0.05, 0) is 48.9 Å². The fourth-order valence-electron chi connectivity index (χ4n) is 5.21. The first-order valence-corrected chi connectivity index (χ1v) is 13.0. The van der Waals surface area contributed by atoms with Crippen LogP contribution in [0.15, 0.2) is 47.5 Å². The third-order valence-corrected chi connectivity index (χ3v) is 7.68. The van der Waals surface area contributed by atoms with Crippen molar-refractivity contribution in [3.05, 3.63) is 69.2 Å². The molecule has 0 radical (unpaired) electrons. The smallest absolute Gasteiger partial charge is 0.193 e. The molecule has 1 atom stereocenters. The number of nitrogens with zero attached hydrogens (tertiary/aromatic N) is 3. The Kier molecular flexibility index (Phi) is 8.56.